The molecule has 0 aromatic heterocycles. The summed E-state index contributed by atoms with van der Waals surface area (Å²) >= 11 is 0. The van der Waals surface area contributed by atoms with Crippen molar-refractivity contribution in [2.75, 3.05) is 0 Å². The van der Waals surface area contributed by atoms with Crippen LogP contribution in [0.1, 0.15) is 72.0 Å². The van der Waals surface area contributed by atoms with Gasteiger partial charge in [0.05, 0.1) is 17.3 Å². The van der Waals surface area contributed by atoms with Gasteiger partial charge in [-0.1, -0.05) is 50.1 Å². The van der Waals surface area contributed by atoms with E-state index in [2.05, 4.69) is 58.9 Å². The molecule has 0 bridgehead atoms. The second-order valence-corrected chi connectivity index (χ2v) is 8.27. The van der Waals surface area contributed by atoms with Gasteiger partial charge < -0.3 is 13.6 Å². The van der Waals surface area contributed by atoms with Gasteiger partial charge in [0, 0.05) is 6.42 Å². The van der Waals surface area contributed by atoms with Crippen molar-refractivity contribution >= 4 is 8.60 Å². The van der Waals surface area contributed by atoms with Gasteiger partial charge in [-0.2, -0.15) is 0 Å². The van der Waals surface area contributed by atoms with Crippen molar-refractivity contribution in [1.29, 1.82) is 0 Å². The van der Waals surface area contributed by atoms with E-state index in [1.165, 1.54) is 5.56 Å². The maximum atomic E-state index is 6.27. The maximum Gasteiger partial charge on any atom is 0.334 e. The van der Waals surface area contributed by atoms with Crippen molar-refractivity contribution in [3.8, 4) is 0 Å². The molecule has 0 radical (unpaired) electrons. The minimum Gasteiger partial charge on any atom is -0.306 e. The van der Waals surface area contributed by atoms with Crippen LogP contribution < -0.4 is 0 Å². The van der Waals surface area contributed by atoms with Crippen molar-refractivity contribution in [2.24, 2.45) is 0 Å². The third-order valence-corrected chi connectivity index (χ3v) is 5.41. The van der Waals surface area contributed by atoms with Gasteiger partial charge in [-0.15, -0.1) is 0 Å². The number of unbranched alkanes of at least 4 members (excludes halogenated alkanes) is 1. The van der Waals surface area contributed by atoms with Crippen LogP contribution in [0.5, 0.6) is 0 Å². The number of hydrogen-bond acceptors (Lipinski definition) is 3. The van der Waals surface area contributed by atoms with E-state index >= 15 is 0 Å². The molecular weight excluding hydrogens is 295 g/mol. The predicted octanol–water partition coefficient (Wildman–Crippen LogP) is 6.16. The second kappa shape index (κ2) is 7.40. The molecule has 1 unspecified atom stereocenters. The summed E-state index contributed by atoms with van der Waals surface area (Å²) in [7, 11) is -1.33. The number of rotatable bonds is 6. The summed E-state index contributed by atoms with van der Waals surface area (Å²) in [4.78, 5) is 0. The molecule has 1 heterocycles. The molecule has 0 aliphatic carbocycles. The average molecular weight is 324 g/mol. The molecule has 1 aromatic rings. The highest BCUT2D eigenvalue weighted by molar-refractivity contribution is 7.41. The van der Waals surface area contributed by atoms with Crippen LogP contribution in [0.25, 0.3) is 0 Å². The topological polar surface area (TPSA) is 27.7 Å². The van der Waals surface area contributed by atoms with E-state index in [0.29, 0.717) is 0 Å². The average Bonchev–Trinajstić information content (AvgIpc) is 2.41. The van der Waals surface area contributed by atoms with Crippen molar-refractivity contribution in [1.82, 2.24) is 0 Å². The Balaban J connectivity index is 2.09. The normalized spacial score (nSPS) is 22.4. The summed E-state index contributed by atoms with van der Waals surface area (Å²) in [6, 6.07) is 10.4. The number of benzene rings is 1. The first-order valence-corrected chi connectivity index (χ1v) is 9.31. The quantitative estimate of drug-likeness (QED) is 0.587. The maximum absolute atomic E-state index is 6.27. The SMILES string of the molecule is CCCCC(OP1OC(C)(C)CC(C)(C)O1)c1ccccc1. The minimum atomic E-state index is -1.33. The minimum absolute atomic E-state index is 0.0389. The second-order valence-electron chi connectivity index (χ2n) is 7.25. The molecule has 1 aliphatic heterocycles. The van der Waals surface area contributed by atoms with Gasteiger partial charge in [0.25, 0.3) is 0 Å². The van der Waals surface area contributed by atoms with Gasteiger partial charge in [-0.05, 0) is 39.7 Å². The molecule has 22 heavy (non-hydrogen) atoms. The van der Waals surface area contributed by atoms with Crippen LogP contribution in [0.15, 0.2) is 30.3 Å². The molecule has 0 saturated carbocycles. The van der Waals surface area contributed by atoms with Crippen molar-refractivity contribution in [2.45, 2.75) is 77.6 Å². The fourth-order valence-electron chi connectivity index (χ4n) is 3.00. The summed E-state index contributed by atoms with van der Waals surface area (Å²) in [5.41, 5.74) is 0.783. The van der Waals surface area contributed by atoms with Crippen LogP contribution in [0.3, 0.4) is 0 Å². The van der Waals surface area contributed by atoms with E-state index in [9.17, 15) is 0 Å². The molecule has 1 saturated heterocycles. The van der Waals surface area contributed by atoms with E-state index in [0.717, 1.165) is 25.7 Å². The van der Waals surface area contributed by atoms with Crippen molar-refractivity contribution in [3.63, 3.8) is 0 Å². The molecular formula is C18H29O3P. The van der Waals surface area contributed by atoms with Gasteiger partial charge >= 0.3 is 8.60 Å². The highest BCUT2D eigenvalue weighted by Gasteiger charge is 2.42. The third-order valence-electron chi connectivity index (χ3n) is 3.70. The van der Waals surface area contributed by atoms with E-state index in [-0.39, 0.29) is 17.3 Å². The lowest BCUT2D eigenvalue weighted by Gasteiger charge is -2.43. The van der Waals surface area contributed by atoms with Gasteiger partial charge in [-0.3, -0.25) is 0 Å². The monoisotopic (exact) mass is 324 g/mol. The Labute approximate surface area is 136 Å². The fourth-order valence-corrected chi connectivity index (χ4v) is 4.49. The summed E-state index contributed by atoms with van der Waals surface area (Å²) in [5, 5.41) is 0. The molecule has 1 aliphatic rings. The zero-order valence-electron chi connectivity index (χ0n) is 14.5. The van der Waals surface area contributed by atoms with E-state index in [4.69, 9.17) is 13.6 Å². The van der Waals surface area contributed by atoms with Crippen LogP contribution >= 0.6 is 8.60 Å². The molecule has 1 aromatic carbocycles. The summed E-state index contributed by atoms with van der Waals surface area (Å²) in [5.74, 6) is 0. The highest BCUT2D eigenvalue weighted by Crippen LogP contribution is 2.57. The van der Waals surface area contributed by atoms with Crippen molar-refractivity contribution < 1.29 is 13.6 Å². The zero-order valence-corrected chi connectivity index (χ0v) is 15.4. The van der Waals surface area contributed by atoms with E-state index in [1.807, 2.05) is 6.07 Å². The Morgan fingerprint density at radius 2 is 1.68 bits per heavy atom. The molecule has 0 amide bonds. The first kappa shape index (κ1) is 17.9. The number of hydrogen-bond donors (Lipinski definition) is 0. The smallest absolute Gasteiger partial charge is 0.306 e. The van der Waals surface area contributed by atoms with Gasteiger partial charge in [-0.25, -0.2) is 0 Å². The molecule has 1 atom stereocenters. The van der Waals surface area contributed by atoms with Crippen LogP contribution in [0.2, 0.25) is 0 Å². The van der Waals surface area contributed by atoms with E-state index in [1.54, 1.807) is 0 Å². The lowest BCUT2D eigenvalue weighted by Crippen LogP contribution is -2.40. The third kappa shape index (κ3) is 5.31. The molecule has 124 valence electrons. The van der Waals surface area contributed by atoms with Gasteiger partial charge in [0.15, 0.2) is 0 Å². The summed E-state index contributed by atoms with van der Waals surface area (Å²) < 4.78 is 18.4. The Bertz CT molecular complexity index is 443. The predicted molar refractivity (Wildman–Crippen MR) is 91.7 cm³/mol. The van der Waals surface area contributed by atoms with Crippen LogP contribution in [-0.4, -0.2) is 11.2 Å². The van der Waals surface area contributed by atoms with Gasteiger partial charge in [0.2, 0.25) is 0 Å². The van der Waals surface area contributed by atoms with Crippen LogP contribution in [0.4, 0.5) is 0 Å². The van der Waals surface area contributed by atoms with Crippen molar-refractivity contribution in [3.05, 3.63) is 35.9 Å². The molecule has 3 nitrogen and oxygen atoms in total. The zero-order chi connectivity index (χ0) is 16.2. The molecule has 2 rings (SSSR count). The molecule has 0 N–H and O–H groups in total. The molecule has 1 fully saturated rings. The Kier molecular flexibility index (Phi) is 6.01. The highest BCUT2D eigenvalue weighted by atomic mass is 31.2. The standard InChI is InChI=1S/C18H29O3P/c1-6-7-13-16(15-11-9-8-10-12-15)19-22-20-17(2,3)14-18(4,5)21-22/h8-12,16H,6-7,13-14H2,1-5H3. The van der Waals surface area contributed by atoms with Crippen LogP contribution in [-0.2, 0) is 13.6 Å². The van der Waals surface area contributed by atoms with Crippen LogP contribution in [0, 0.1) is 0 Å². The Morgan fingerprint density at radius 1 is 1.09 bits per heavy atom. The fraction of sp³-hybridized carbons (Fsp3) is 0.667. The Morgan fingerprint density at radius 3 is 2.23 bits per heavy atom. The van der Waals surface area contributed by atoms with E-state index < -0.39 is 8.60 Å². The summed E-state index contributed by atoms with van der Waals surface area (Å²) in [6.45, 7) is 10.6. The molecule has 0 spiro atoms. The lowest BCUT2D eigenvalue weighted by atomic mass is 9.93. The molecule has 4 heteroatoms. The van der Waals surface area contributed by atoms with Gasteiger partial charge in [0.1, 0.15) is 0 Å². The first-order chi connectivity index (χ1) is 10.3. The largest absolute Gasteiger partial charge is 0.334 e. The first-order valence-electron chi connectivity index (χ1n) is 8.21. The lowest BCUT2D eigenvalue weighted by molar-refractivity contribution is -0.0762. The Hall–Kier alpha value is -0.470. The summed E-state index contributed by atoms with van der Waals surface area (Å²) in [6.07, 6.45) is 4.19.